The minimum absolute atomic E-state index is 0.0341. The maximum atomic E-state index is 12.0. The summed E-state index contributed by atoms with van der Waals surface area (Å²) in [6.07, 6.45) is 1.67. The molecule has 1 atom stereocenters. The van der Waals surface area contributed by atoms with Gasteiger partial charge < -0.3 is 5.32 Å². The Kier molecular flexibility index (Phi) is 3.48. The molecule has 1 aliphatic heterocycles. The first-order valence-electron chi connectivity index (χ1n) is 6.75. The van der Waals surface area contributed by atoms with Gasteiger partial charge in [-0.05, 0) is 31.4 Å². The van der Waals surface area contributed by atoms with Crippen molar-refractivity contribution in [3.05, 3.63) is 41.4 Å². The standard InChI is InChI=1S/C16H22N2O/c1-10-6-7-13(15(19)17-10)12-8-9-14(16(3,4)5)18-11(12)2/h8-9,13H,1,6-7H2,2-5H3,(H,17,19). The number of nitrogens with one attached hydrogen (secondary N) is 1. The molecule has 1 saturated heterocycles. The summed E-state index contributed by atoms with van der Waals surface area (Å²) in [4.78, 5) is 16.7. The number of piperidine rings is 1. The van der Waals surface area contributed by atoms with E-state index in [-0.39, 0.29) is 17.2 Å². The second kappa shape index (κ2) is 4.80. The molecule has 0 radical (unpaired) electrons. The molecular formula is C16H22N2O. The van der Waals surface area contributed by atoms with Gasteiger partial charge in [0.25, 0.3) is 0 Å². The van der Waals surface area contributed by atoms with Crippen LogP contribution in [-0.4, -0.2) is 10.9 Å². The first-order chi connectivity index (χ1) is 8.79. The highest BCUT2D eigenvalue weighted by Gasteiger charge is 2.27. The summed E-state index contributed by atoms with van der Waals surface area (Å²) >= 11 is 0. The molecule has 2 rings (SSSR count). The number of allylic oxidation sites excluding steroid dienone is 1. The quantitative estimate of drug-likeness (QED) is 0.840. The van der Waals surface area contributed by atoms with Crippen LogP contribution in [0.5, 0.6) is 0 Å². The van der Waals surface area contributed by atoms with Crippen molar-refractivity contribution in [2.24, 2.45) is 0 Å². The summed E-state index contributed by atoms with van der Waals surface area (Å²) < 4.78 is 0. The lowest BCUT2D eigenvalue weighted by Crippen LogP contribution is -2.33. The number of carbonyl (C=O) groups is 1. The molecule has 0 bridgehead atoms. The van der Waals surface area contributed by atoms with Crippen molar-refractivity contribution in [3.8, 4) is 0 Å². The van der Waals surface area contributed by atoms with Gasteiger partial charge in [0.05, 0.1) is 5.92 Å². The van der Waals surface area contributed by atoms with Gasteiger partial charge in [-0.25, -0.2) is 0 Å². The van der Waals surface area contributed by atoms with Crippen molar-refractivity contribution in [1.82, 2.24) is 10.3 Å². The number of nitrogens with zero attached hydrogens (tertiary/aromatic N) is 1. The van der Waals surface area contributed by atoms with E-state index < -0.39 is 0 Å². The van der Waals surface area contributed by atoms with E-state index in [2.05, 4.69) is 43.7 Å². The minimum atomic E-state index is -0.0907. The van der Waals surface area contributed by atoms with Gasteiger partial charge in [-0.1, -0.05) is 33.4 Å². The van der Waals surface area contributed by atoms with Crippen LogP contribution in [0, 0.1) is 6.92 Å². The number of amides is 1. The van der Waals surface area contributed by atoms with Crippen molar-refractivity contribution in [2.75, 3.05) is 0 Å². The van der Waals surface area contributed by atoms with Gasteiger partial charge in [-0.2, -0.15) is 0 Å². The lowest BCUT2D eigenvalue weighted by Gasteiger charge is -2.26. The van der Waals surface area contributed by atoms with Crippen molar-refractivity contribution in [1.29, 1.82) is 0 Å². The fourth-order valence-electron chi connectivity index (χ4n) is 2.43. The van der Waals surface area contributed by atoms with Crippen molar-refractivity contribution in [2.45, 2.75) is 51.9 Å². The monoisotopic (exact) mass is 258 g/mol. The summed E-state index contributed by atoms with van der Waals surface area (Å²) in [5.74, 6) is -0.0447. The molecule has 0 saturated carbocycles. The predicted octanol–water partition coefficient (Wildman–Crippen LogP) is 3.19. The summed E-state index contributed by atoms with van der Waals surface area (Å²) in [6, 6.07) is 4.10. The number of hydrogen-bond donors (Lipinski definition) is 1. The fraction of sp³-hybridized carbons (Fsp3) is 0.500. The Balaban J connectivity index is 2.31. The zero-order valence-corrected chi connectivity index (χ0v) is 12.2. The van der Waals surface area contributed by atoms with Crippen LogP contribution >= 0.6 is 0 Å². The summed E-state index contributed by atoms with van der Waals surface area (Å²) in [7, 11) is 0. The predicted molar refractivity (Wildman–Crippen MR) is 76.9 cm³/mol. The van der Waals surface area contributed by atoms with E-state index in [1.807, 2.05) is 13.0 Å². The smallest absolute Gasteiger partial charge is 0.231 e. The minimum Gasteiger partial charge on any atom is -0.330 e. The highest BCUT2D eigenvalue weighted by Crippen LogP contribution is 2.30. The molecule has 102 valence electrons. The van der Waals surface area contributed by atoms with Gasteiger partial charge in [-0.3, -0.25) is 9.78 Å². The molecule has 1 unspecified atom stereocenters. The van der Waals surface area contributed by atoms with Crippen LogP contribution in [0.1, 0.15) is 56.5 Å². The number of rotatable bonds is 1. The molecule has 3 heteroatoms. The van der Waals surface area contributed by atoms with Crippen LogP contribution in [0.4, 0.5) is 0 Å². The third-order valence-electron chi connectivity index (χ3n) is 3.62. The van der Waals surface area contributed by atoms with E-state index in [0.717, 1.165) is 35.5 Å². The molecule has 1 fully saturated rings. The molecule has 1 N–H and O–H groups in total. The summed E-state index contributed by atoms with van der Waals surface area (Å²) in [5, 5.41) is 2.84. The second-order valence-electron chi connectivity index (χ2n) is 6.31. The van der Waals surface area contributed by atoms with E-state index in [1.54, 1.807) is 0 Å². The van der Waals surface area contributed by atoms with Crippen LogP contribution in [0.15, 0.2) is 24.4 Å². The molecule has 19 heavy (non-hydrogen) atoms. The number of aromatic nitrogens is 1. The van der Waals surface area contributed by atoms with Crippen molar-refractivity contribution >= 4 is 5.91 Å². The van der Waals surface area contributed by atoms with Crippen molar-refractivity contribution in [3.63, 3.8) is 0 Å². The van der Waals surface area contributed by atoms with Crippen LogP contribution < -0.4 is 5.32 Å². The van der Waals surface area contributed by atoms with E-state index in [1.165, 1.54) is 0 Å². The first-order valence-corrected chi connectivity index (χ1v) is 6.75. The average Bonchev–Trinajstić information content (AvgIpc) is 2.28. The Hall–Kier alpha value is -1.64. The molecule has 0 aromatic carbocycles. The van der Waals surface area contributed by atoms with Gasteiger partial charge >= 0.3 is 0 Å². The van der Waals surface area contributed by atoms with E-state index in [0.29, 0.717) is 0 Å². The number of pyridine rings is 1. The van der Waals surface area contributed by atoms with Gasteiger partial charge in [0.1, 0.15) is 0 Å². The zero-order chi connectivity index (χ0) is 14.2. The Morgan fingerprint density at radius 1 is 1.37 bits per heavy atom. The highest BCUT2D eigenvalue weighted by atomic mass is 16.2. The van der Waals surface area contributed by atoms with Crippen LogP contribution in [0.2, 0.25) is 0 Å². The van der Waals surface area contributed by atoms with Crippen LogP contribution in [0.3, 0.4) is 0 Å². The van der Waals surface area contributed by atoms with Crippen molar-refractivity contribution < 1.29 is 4.79 Å². The summed E-state index contributed by atoms with van der Waals surface area (Å²) in [6.45, 7) is 12.2. The lowest BCUT2D eigenvalue weighted by molar-refractivity contribution is -0.122. The van der Waals surface area contributed by atoms with Crippen LogP contribution in [0.25, 0.3) is 0 Å². The number of hydrogen-bond acceptors (Lipinski definition) is 2. The number of carbonyl (C=O) groups excluding carboxylic acids is 1. The molecule has 2 heterocycles. The molecular weight excluding hydrogens is 236 g/mol. The topological polar surface area (TPSA) is 42.0 Å². The Morgan fingerprint density at radius 2 is 2.05 bits per heavy atom. The van der Waals surface area contributed by atoms with E-state index >= 15 is 0 Å². The Labute approximate surface area is 115 Å². The second-order valence-corrected chi connectivity index (χ2v) is 6.31. The largest absolute Gasteiger partial charge is 0.330 e. The molecule has 1 aromatic rings. The summed E-state index contributed by atoms with van der Waals surface area (Å²) in [5.41, 5.74) is 3.91. The number of aryl methyl sites for hydroxylation is 1. The molecule has 3 nitrogen and oxygen atoms in total. The Bertz CT molecular complexity index is 526. The SMILES string of the molecule is C=C1CCC(c2ccc(C(C)(C)C)nc2C)C(=O)N1. The zero-order valence-electron chi connectivity index (χ0n) is 12.2. The average molecular weight is 258 g/mol. The fourth-order valence-corrected chi connectivity index (χ4v) is 2.43. The maximum Gasteiger partial charge on any atom is 0.231 e. The maximum absolute atomic E-state index is 12.0. The molecule has 0 spiro atoms. The van der Waals surface area contributed by atoms with E-state index in [4.69, 9.17) is 0 Å². The van der Waals surface area contributed by atoms with Crippen LogP contribution in [-0.2, 0) is 10.2 Å². The molecule has 1 aliphatic rings. The van der Waals surface area contributed by atoms with Gasteiger partial charge in [-0.15, -0.1) is 0 Å². The molecule has 0 aliphatic carbocycles. The van der Waals surface area contributed by atoms with E-state index in [9.17, 15) is 4.79 Å². The van der Waals surface area contributed by atoms with Gasteiger partial charge in [0.2, 0.25) is 5.91 Å². The highest BCUT2D eigenvalue weighted by molar-refractivity contribution is 5.86. The Morgan fingerprint density at radius 3 is 2.58 bits per heavy atom. The normalized spacial score (nSPS) is 20.3. The third kappa shape index (κ3) is 2.86. The lowest BCUT2D eigenvalue weighted by atomic mass is 9.86. The van der Waals surface area contributed by atoms with Gasteiger partial charge in [0, 0.05) is 22.5 Å². The van der Waals surface area contributed by atoms with Gasteiger partial charge in [0.15, 0.2) is 0 Å². The third-order valence-corrected chi connectivity index (χ3v) is 3.62. The molecule has 1 amide bonds. The molecule has 1 aromatic heterocycles. The first kappa shape index (κ1) is 13.8.